The fraction of sp³-hybridized carbons (Fsp3) is 0.161. The van der Waals surface area contributed by atoms with E-state index in [9.17, 15) is 27.9 Å². The Bertz CT molecular complexity index is 1640. The highest BCUT2D eigenvalue weighted by Crippen LogP contribution is 2.25. The molecule has 0 aliphatic rings. The van der Waals surface area contributed by atoms with Crippen molar-refractivity contribution in [3.05, 3.63) is 119 Å². The van der Waals surface area contributed by atoms with Crippen LogP contribution in [0.5, 0.6) is 5.75 Å². The molecule has 13 heteroatoms. The Hall–Kier alpha value is -5.10. The summed E-state index contributed by atoms with van der Waals surface area (Å²) in [6.07, 6.45) is -3.54. The largest absolute Gasteiger partial charge is 0.492 e. The number of carboxylic acid groups (broad SMARTS) is 2. The Balaban J connectivity index is 0.000000676. The molecule has 44 heavy (non-hydrogen) atoms. The molecule has 9 nitrogen and oxygen atoms in total. The van der Waals surface area contributed by atoms with E-state index >= 15 is 0 Å². The minimum Gasteiger partial charge on any atom is -0.492 e. The Morgan fingerprint density at radius 1 is 0.909 bits per heavy atom. The number of carbonyl (C=O) groups is 3. The topological polar surface area (TPSA) is 142 Å². The van der Waals surface area contributed by atoms with Gasteiger partial charge >= 0.3 is 18.1 Å². The normalized spacial score (nSPS) is 11.5. The number of ether oxygens (including phenoxy) is 1. The van der Waals surface area contributed by atoms with E-state index in [2.05, 4.69) is 5.32 Å². The van der Waals surface area contributed by atoms with Gasteiger partial charge in [0.25, 0.3) is 5.91 Å². The number of aliphatic carboxylic acids is 2. The number of nitrogens with zero attached hydrogens (tertiary/aromatic N) is 1. The number of carboxylic acids is 2. The molecule has 0 aliphatic carbocycles. The molecule has 1 atom stereocenters. The first-order chi connectivity index (χ1) is 20.8. The van der Waals surface area contributed by atoms with Crippen LogP contribution < -0.4 is 15.5 Å². The molecule has 1 unspecified atom stereocenters. The molecular weight excluding hydrogens is 603 g/mol. The fourth-order valence-corrected chi connectivity index (χ4v) is 4.00. The summed E-state index contributed by atoms with van der Waals surface area (Å²) in [6, 6.07) is 26.2. The summed E-state index contributed by atoms with van der Waals surface area (Å²) in [4.78, 5) is 33.5. The summed E-state index contributed by atoms with van der Waals surface area (Å²) in [6.45, 7) is 0.816. The molecule has 4 N–H and O–H groups in total. The van der Waals surface area contributed by atoms with Gasteiger partial charge in [-0.05, 0) is 59.2 Å². The van der Waals surface area contributed by atoms with E-state index in [-0.39, 0.29) is 6.42 Å². The molecule has 0 saturated carbocycles. The average molecular weight is 630 g/mol. The van der Waals surface area contributed by atoms with Crippen LogP contribution in [0.1, 0.15) is 28.4 Å². The summed E-state index contributed by atoms with van der Waals surface area (Å²) in [7, 11) is 0. The van der Waals surface area contributed by atoms with Crippen LogP contribution in [-0.4, -0.2) is 45.4 Å². The third-order valence-corrected chi connectivity index (χ3v) is 6.31. The van der Waals surface area contributed by atoms with Crippen molar-refractivity contribution >= 4 is 29.4 Å². The van der Waals surface area contributed by atoms with E-state index in [0.29, 0.717) is 40.5 Å². The lowest BCUT2D eigenvalue weighted by Gasteiger charge is -2.18. The van der Waals surface area contributed by atoms with Crippen LogP contribution in [0.3, 0.4) is 0 Å². The Morgan fingerprint density at radius 3 is 2.09 bits per heavy atom. The first-order valence-electron chi connectivity index (χ1n) is 12.9. The fourth-order valence-electron chi connectivity index (χ4n) is 3.88. The summed E-state index contributed by atoms with van der Waals surface area (Å²) in [5.74, 6) is -3.66. The molecule has 3 aromatic carbocycles. The van der Waals surface area contributed by atoms with Crippen molar-refractivity contribution in [2.24, 2.45) is 0 Å². The van der Waals surface area contributed by atoms with Crippen LogP contribution in [0.2, 0.25) is 5.02 Å². The number of hydrogen-bond donors (Lipinski definition) is 4. The average Bonchev–Trinajstić information content (AvgIpc) is 2.98. The number of benzene rings is 3. The van der Waals surface area contributed by atoms with Crippen LogP contribution >= 0.6 is 11.6 Å². The van der Waals surface area contributed by atoms with Gasteiger partial charge in [-0.1, -0.05) is 60.1 Å². The molecule has 4 rings (SSSR count). The van der Waals surface area contributed by atoms with Gasteiger partial charge in [0.1, 0.15) is 17.8 Å². The Morgan fingerprint density at radius 2 is 1.52 bits per heavy atom. The van der Waals surface area contributed by atoms with E-state index in [0.717, 1.165) is 11.1 Å². The van der Waals surface area contributed by atoms with Crippen molar-refractivity contribution in [1.82, 2.24) is 9.88 Å². The van der Waals surface area contributed by atoms with Gasteiger partial charge in [0.05, 0.1) is 19.0 Å². The lowest BCUT2D eigenvalue weighted by atomic mass is 9.98. The second-order valence-electron chi connectivity index (χ2n) is 9.21. The van der Waals surface area contributed by atoms with Crippen molar-refractivity contribution in [2.45, 2.75) is 25.2 Å². The summed E-state index contributed by atoms with van der Waals surface area (Å²) >= 11 is 5.97. The van der Waals surface area contributed by atoms with Crippen molar-refractivity contribution in [3.8, 4) is 16.9 Å². The van der Waals surface area contributed by atoms with E-state index in [1.54, 1.807) is 47.2 Å². The van der Waals surface area contributed by atoms with Crippen molar-refractivity contribution < 1.29 is 42.5 Å². The number of rotatable bonds is 10. The van der Waals surface area contributed by atoms with Crippen LogP contribution in [0.15, 0.2) is 97.2 Å². The lowest BCUT2D eigenvalue weighted by Crippen LogP contribution is -2.30. The van der Waals surface area contributed by atoms with E-state index in [1.165, 1.54) is 0 Å². The van der Waals surface area contributed by atoms with Crippen LogP contribution in [0.4, 0.5) is 13.2 Å². The van der Waals surface area contributed by atoms with Gasteiger partial charge in [0.15, 0.2) is 0 Å². The first kappa shape index (κ1) is 33.4. The molecule has 1 heterocycles. The second kappa shape index (κ2) is 15.4. The lowest BCUT2D eigenvalue weighted by molar-refractivity contribution is -0.192. The molecule has 0 saturated heterocycles. The minimum absolute atomic E-state index is 0.258. The maximum Gasteiger partial charge on any atom is 0.490 e. The van der Waals surface area contributed by atoms with Gasteiger partial charge in [-0.25, -0.2) is 4.79 Å². The van der Waals surface area contributed by atoms with Gasteiger partial charge in [0.2, 0.25) is 0 Å². The maximum absolute atomic E-state index is 13.0. The van der Waals surface area contributed by atoms with Crippen molar-refractivity contribution in [1.29, 1.82) is 5.41 Å². The molecule has 1 amide bonds. The summed E-state index contributed by atoms with van der Waals surface area (Å²) in [5.41, 5.74) is 3.36. The van der Waals surface area contributed by atoms with E-state index < -0.39 is 30.1 Å². The van der Waals surface area contributed by atoms with Gasteiger partial charge in [0, 0.05) is 16.8 Å². The number of aromatic nitrogens is 1. The predicted molar refractivity (Wildman–Crippen MR) is 155 cm³/mol. The Kier molecular flexibility index (Phi) is 11.7. The Labute approximate surface area is 254 Å². The number of halogens is 4. The quantitative estimate of drug-likeness (QED) is 0.171. The molecule has 0 spiro atoms. The predicted octanol–water partition coefficient (Wildman–Crippen LogP) is 5.95. The van der Waals surface area contributed by atoms with Crippen LogP contribution in [0.25, 0.3) is 11.1 Å². The van der Waals surface area contributed by atoms with Gasteiger partial charge in [-0.2, -0.15) is 13.2 Å². The maximum atomic E-state index is 13.0. The standard InChI is InChI=1S/C29H26ClN3O4.C2HF3O2/c30-24-13-11-21(12-14-24)20-7-9-22(10-8-20)26(19-28(34)35)32-29(36)23-4-3-5-25(18-23)37-17-16-33-15-2-1-6-27(33)31;3-2(4,5)1(6)7/h1-15,18,26,31H,16-17,19H2,(H,32,36)(H,34,35);(H,6,7). The summed E-state index contributed by atoms with van der Waals surface area (Å²) in [5, 5.41) is 28.0. The molecule has 230 valence electrons. The number of hydrogen-bond acceptors (Lipinski definition) is 5. The third kappa shape index (κ3) is 10.3. The zero-order valence-corrected chi connectivity index (χ0v) is 23.7. The molecule has 0 aliphatic heterocycles. The minimum atomic E-state index is -5.08. The number of nitrogens with one attached hydrogen (secondary N) is 2. The van der Waals surface area contributed by atoms with Gasteiger partial charge < -0.3 is 24.8 Å². The third-order valence-electron chi connectivity index (χ3n) is 6.05. The molecule has 4 aromatic rings. The highest BCUT2D eigenvalue weighted by atomic mass is 35.5. The summed E-state index contributed by atoms with van der Waals surface area (Å²) < 4.78 is 39.3. The second-order valence-corrected chi connectivity index (χ2v) is 9.65. The highest BCUT2D eigenvalue weighted by Gasteiger charge is 2.38. The van der Waals surface area contributed by atoms with Gasteiger partial charge in [-0.15, -0.1) is 0 Å². The number of carbonyl (C=O) groups excluding carboxylic acids is 1. The monoisotopic (exact) mass is 629 g/mol. The smallest absolute Gasteiger partial charge is 0.490 e. The molecule has 0 fully saturated rings. The molecule has 1 aromatic heterocycles. The van der Waals surface area contributed by atoms with Gasteiger partial charge in [-0.3, -0.25) is 15.0 Å². The van der Waals surface area contributed by atoms with Crippen LogP contribution in [-0.2, 0) is 16.1 Å². The van der Waals surface area contributed by atoms with Crippen LogP contribution in [0, 0.1) is 5.41 Å². The number of amides is 1. The highest BCUT2D eigenvalue weighted by molar-refractivity contribution is 6.30. The molecule has 0 radical (unpaired) electrons. The zero-order chi connectivity index (χ0) is 32.3. The van der Waals surface area contributed by atoms with E-state index in [4.69, 9.17) is 31.6 Å². The molecular formula is C31H27ClF3N3O6. The number of alkyl halides is 3. The zero-order valence-electron chi connectivity index (χ0n) is 22.9. The molecule has 0 bridgehead atoms. The van der Waals surface area contributed by atoms with Crippen molar-refractivity contribution in [2.75, 3.05) is 6.61 Å². The van der Waals surface area contributed by atoms with E-state index in [1.807, 2.05) is 54.6 Å². The van der Waals surface area contributed by atoms with Crippen molar-refractivity contribution in [3.63, 3.8) is 0 Å². The first-order valence-corrected chi connectivity index (χ1v) is 13.3. The number of pyridine rings is 1. The SMILES string of the molecule is N=c1ccccn1CCOc1cccc(C(=O)NC(CC(=O)O)c2ccc(-c3ccc(Cl)cc3)cc2)c1.O=C(O)C(F)(F)F.